The van der Waals surface area contributed by atoms with E-state index < -0.39 is 0 Å². The summed E-state index contributed by atoms with van der Waals surface area (Å²) in [6, 6.07) is 8.04. The molecule has 1 aromatic heterocycles. The van der Waals surface area contributed by atoms with Crippen LogP contribution in [0, 0.1) is 5.82 Å². The van der Waals surface area contributed by atoms with Gasteiger partial charge in [0.1, 0.15) is 23.3 Å². The molecule has 0 saturated carbocycles. The zero-order valence-electron chi connectivity index (χ0n) is 12.9. The van der Waals surface area contributed by atoms with Gasteiger partial charge in [0, 0.05) is 23.7 Å². The number of rotatable bonds is 4. The lowest BCUT2D eigenvalue weighted by molar-refractivity contribution is 0.547. The van der Waals surface area contributed by atoms with E-state index in [1.54, 1.807) is 12.1 Å². The highest BCUT2D eigenvalue weighted by Gasteiger charge is 2.19. The first-order chi connectivity index (χ1) is 9.88. The molecule has 0 amide bonds. The van der Waals surface area contributed by atoms with Crippen LogP contribution in [0.3, 0.4) is 0 Å². The summed E-state index contributed by atoms with van der Waals surface area (Å²) in [7, 11) is 0. The number of benzene rings is 1. The Bertz CT molecular complexity index is 603. The van der Waals surface area contributed by atoms with Crippen LogP contribution in [-0.2, 0) is 5.41 Å². The molecule has 0 saturated heterocycles. The molecule has 0 fully saturated rings. The van der Waals surface area contributed by atoms with Gasteiger partial charge in [0.05, 0.1) is 0 Å². The Morgan fingerprint density at radius 1 is 1.05 bits per heavy atom. The third-order valence-corrected chi connectivity index (χ3v) is 2.87. The summed E-state index contributed by atoms with van der Waals surface area (Å²) in [4.78, 5) is 9.08. The Hall–Kier alpha value is -2.17. The van der Waals surface area contributed by atoms with Crippen LogP contribution >= 0.6 is 0 Å². The van der Waals surface area contributed by atoms with Crippen LogP contribution in [-0.4, -0.2) is 16.5 Å². The maximum absolute atomic E-state index is 12.9. The molecule has 0 aliphatic carbocycles. The first-order valence-electron chi connectivity index (χ1n) is 7.04. The number of aromatic nitrogens is 2. The number of nitrogens with one attached hydrogen (secondary N) is 2. The average Bonchev–Trinajstić information content (AvgIpc) is 2.41. The van der Waals surface area contributed by atoms with Crippen molar-refractivity contribution in [2.75, 3.05) is 17.2 Å². The van der Waals surface area contributed by atoms with Crippen molar-refractivity contribution in [2.45, 2.75) is 33.1 Å². The topological polar surface area (TPSA) is 49.8 Å². The standard InChI is InChI=1S/C16H21FN4/c1-5-18-13-10-14(21-15(20-13)16(2,3)4)19-12-8-6-11(17)7-9-12/h6-10H,5H2,1-4H3,(H2,18,19,20,21). The highest BCUT2D eigenvalue weighted by atomic mass is 19.1. The summed E-state index contributed by atoms with van der Waals surface area (Å²) in [5.74, 6) is 1.97. The third-order valence-electron chi connectivity index (χ3n) is 2.87. The second-order valence-electron chi connectivity index (χ2n) is 5.87. The van der Waals surface area contributed by atoms with Crippen molar-refractivity contribution in [3.05, 3.63) is 42.0 Å². The van der Waals surface area contributed by atoms with Gasteiger partial charge in [-0.1, -0.05) is 20.8 Å². The van der Waals surface area contributed by atoms with E-state index in [2.05, 4.69) is 41.4 Å². The molecular formula is C16H21FN4. The SMILES string of the molecule is CCNc1cc(Nc2ccc(F)cc2)nc(C(C)(C)C)n1. The second-order valence-corrected chi connectivity index (χ2v) is 5.87. The monoisotopic (exact) mass is 288 g/mol. The van der Waals surface area contributed by atoms with Gasteiger partial charge in [-0.25, -0.2) is 14.4 Å². The van der Waals surface area contributed by atoms with E-state index in [9.17, 15) is 4.39 Å². The Morgan fingerprint density at radius 2 is 1.67 bits per heavy atom. The number of anilines is 3. The van der Waals surface area contributed by atoms with E-state index in [4.69, 9.17) is 0 Å². The summed E-state index contributed by atoms with van der Waals surface area (Å²) in [6.07, 6.45) is 0. The molecule has 2 N–H and O–H groups in total. The fraction of sp³-hybridized carbons (Fsp3) is 0.375. The van der Waals surface area contributed by atoms with Crippen LogP contribution < -0.4 is 10.6 Å². The van der Waals surface area contributed by atoms with Crippen molar-refractivity contribution in [2.24, 2.45) is 0 Å². The maximum atomic E-state index is 12.9. The predicted octanol–water partition coefficient (Wildman–Crippen LogP) is 4.09. The maximum Gasteiger partial charge on any atom is 0.138 e. The van der Waals surface area contributed by atoms with Gasteiger partial charge in [-0.3, -0.25) is 0 Å². The molecule has 4 nitrogen and oxygen atoms in total. The van der Waals surface area contributed by atoms with Gasteiger partial charge in [-0.15, -0.1) is 0 Å². The predicted molar refractivity (Wildman–Crippen MR) is 84.6 cm³/mol. The normalized spacial score (nSPS) is 11.3. The van der Waals surface area contributed by atoms with Crippen LogP contribution in [0.2, 0.25) is 0 Å². The summed E-state index contributed by atoms with van der Waals surface area (Å²) in [6.45, 7) is 9.02. The molecular weight excluding hydrogens is 267 g/mol. The minimum atomic E-state index is -0.257. The minimum Gasteiger partial charge on any atom is -0.370 e. The zero-order chi connectivity index (χ0) is 15.5. The average molecular weight is 288 g/mol. The first-order valence-corrected chi connectivity index (χ1v) is 7.04. The molecule has 0 unspecified atom stereocenters. The van der Waals surface area contributed by atoms with E-state index in [0.717, 1.165) is 23.9 Å². The fourth-order valence-electron chi connectivity index (χ4n) is 1.80. The first kappa shape index (κ1) is 15.2. The smallest absolute Gasteiger partial charge is 0.138 e. The van der Waals surface area contributed by atoms with Crippen molar-refractivity contribution in [1.29, 1.82) is 0 Å². The highest BCUT2D eigenvalue weighted by molar-refractivity contribution is 5.59. The molecule has 0 radical (unpaired) electrons. The molecule has 0 aliphatic rings. The lowest BCUT2D eigenvalue weighted by Gasteiger charge is -2.19. The molecule has 5 heteroatoms. The Balaban J connectivity index is 2.33. The highest BCUT2D eigenvalue weighted by Crippen LogP contribution is 2.24. The minimum absolute atomic E-state index is 0.148. The van der Waals surface area contributed by atoms with E-state index >= 15 is 0 Å². The molecule has 2 aromatic rings. The van der Waals surface area contributed by atoms with Crippen LogP contribution in [0.5, 0.6) is 0 Å². The number of hydrogen-bond acceptors (Lipinski definition) is 4. The molecule has 2 rings (SSSR count). The number of hydrogen-bond donors (Lipinski definition) is 2. The van der Waals surface area contributed by atoms with Crippen LogP contribution in [0.15, 0.2) is 30.3 Å². The van der Waals surface area contributed by atoms with Gasteiger partial charge in [0.25, 0.3) is 0 Å². The van der Waals surface area contributed by atoms with E-state index in [1.807, 2.05) is 13.0 Å². The zero-order valence-corrected chi connectivity index (χ0v) is 12.9. The second kappa shape index (κ2) is 6.08. The van der Waals surface area contributed by atoms with Crippen LogP contribution in [0.1, 0.15) is 33.5 Å². The molecule has 0 spiro atoms. The Labute approximate surface area is 124 Å². The number of halogens is 1. The quantitative estimate of drug-likeness (QED) is 0.889. The summed E-state index contributed by atoms with van der Waals surface area (Å²) in [5, 5.41) is 6.39. The van der Waals surface area contributed by atoms with Crippen molar-refractivity contribution in [3.8, 4) is 0 Å². The summed E-state index contributed by atoms with van der Waals surface area (Å²) in [5.41, 5.74) is 0.641. The van der Waals surface area contributed by atoms with Gasteiger partial charge < -0.3 is 10.6 Å². The molecule has 21 heavy (non-hydrogen) atoms. The largest absolute Gasteiger partial charge is 0.370 e. The van der Waals surface area contributed by atoms with Crippen molar-refractivity contribution in [1.82, 2.24) is 9.97 Å². The van der Waals surface area contributed by atoms with Crippen LogP contribution in [0.4, 0.5) is 21.7 Å². The van der Waals surface area contributed by atoms with Gasteiger partial charge in [-0.2, -0.15) is 0 Å². The Morgan fingerprint density at radius 3 is 2.24 bits per heavy atom. The van der Waals surface area contributed by atoms with Gasteiger partial charge in [0.2, 0.25) is 0 Å². The van der Waals surface area contributed by atoms with Crippen molar-refractivity contribution >= 4 is 17.3 Å². The Kier molecular flexibility index (Phi) is 4.40. The van der Waals surface area contributed by atoms with E-state index in [1.165, 1.54) is 12.1 Å². The van der Waals surface area contributed by atoms with Gasteiger partial charge in [0.15, 0.2) is 0 Å². The fourth-order valence-corrected chi connectivity index (χ4v) is 1.80. The van der Waals surface area contributed by atoms with Gasteiger partial charge in [-0.05, 0) is 31.2 Å². The van der Waals surface area contributed by atoms with Crippen LogP contribution in [0.25, 0.3) is 0 Å². The summed E-state index contributed by atoms with van der Waals surface area (Å²) >= 11 is 0. The molecule has 0 bridgehead atoms. The molecule has 0 aliphatic heterocycles. The lowest BCUT2D eigenvalue weighted by Crippen LogP contribution is -2.18. The van der Waals surface area contributed by atoms with E-state index in [0.29, 0.717) is 5.82 Å². The number of nitrogens with zero attached hydrogens (tertiary/aromatic N) is 2. The third kappa shape index (κ3) is 4.15. The van der Waals surface area contributed by atoms with Gasteiger partial charge >= 0.3 is 0 Å². The van der Waals surface area contributed by atoms with Crippen molar-refractivity contribution < 1.29 is 4.39 Å². The molecule has 0 atom stereocenters. The van der Waals surface area contributed by atoms with E-state index in [-0.39, 0.29) is 11.2 Å². The van der Waals surface area contributed by atoms with Crippen molar-refractivity contribution in [3.63, 3.8) is 0 Å². The summed E-state index contributed by atoms with van der Waals surface area (Å²) < 4.78 is 12.9. The lowest BCUT2D eigenvalue weighted by atomic mass is 9.96. The molecule has 112 valence electrons. The molecule has 1 heterocycles. The molecule has 1 aromatic carbocycles.